The van der Waals surface area contributed by atoms with Crippen molar-refractivity contribution in [3.05, 3.63) is 29.8 Å². The third-order valence-electron chi connectivity index (χ3n) is 3.31. The van der Waals surface area contributed by atoms with Crippen molar-refractivity contribution in [3.63, 3.8) is 0 Å². The fraction of sp³-hybridized carbons (Fsp3) is 0.533. The molecular formula is C15H21FN2O2. The lowest BCUT2D eigenvalue weighted by Gasteiger charge is -2.26. The number of nitrogens with zero attached hydrogens (tertiary/aromatic N) is 1. The molecule has 20 heavy (non-hydrogen) atoms. The van der Waals surface area contributed by atoms with Gasteiger partial charge in [-0.05, 0) is 26.8 Å². The molecule has 1 unspecified atom stereocenters. The molecule has 0 radical (unpaired) electrons. The minimum Gasteiger partial charge on any atom is -0.444 e. The van der Waals surface area contributed by atoms with Crippen LogP contribution >= 0.6 is 0 Å². The number of nitrogen functional groups attached to an aromatic ring is 1. The zero-order valence-electron chi connectivity index (χ0n) is 12.1. The van der Waals surface area contributed by atoms with Gasteiger partial charge in [0, 0.05) is 24.2 Å². The van der Waals surface area contributed by atoms with Gasteiger partial charge in [-0.1, -0.05) is 18.2 Å². The number of alkyl halides is 1. The summed E-state index contributed by atoms with van der Waals surface area (Å²) in [5.74, 6) is 0. The Bertz CT molecular complexity index is 513. The van der Waals surface area contributed by atoms with Gasteiger partial charge in [0.15, 0.2) is 5.67 Å². The van der Waals surface area contributed by atoms with Crippen molar-refractivity contribution in [1.29, 1.82) is 0 Å². The average Bonchev–Trinajstić information content (AvgIpc) is 2.71. The second-order valence-electron chi connectivity index (χ2n) is 6.20. The number of benzene rings is 1. The third kappa shape index (κ3) is 3.03. The van der Waals surface area contributed by atoms with Crippen molar-refractivity contribution in [2.24, 2.45) is 0 Å². The van der Waals surface area contributed by atoms with Gasteiger partial charge >= 0.3 is 6.09 Å². The van der Waals surface area contributed by atoms with Crippen LogP contribution in [-0.2, 0) is 10.4 Å². The summed E-state index contributed by atoms with van der Waals surface area (Å²) in [6.45, 7) is 5.69. The molecule has 110 valence electrons. The van der Waals surface area contributed by atoms with E-state index in [9.17, 15) is 4.79 Å². The average molecular weight is 280 g/mol. The van der Waals surface area contributed by atoms with Crippen LogP contribution in [0.5, 0.6) is 0 Å². The number of nitrogens with two attached hydrogens (primary N) is 1. The van der Waals surface area contributed by atoms with Gasteiger partial charge in [0.1, 0.15) is 5.60 Å². The first-order chi connectivity index (χ1) is 9.21. The Hall–Kier alpha value is -1.78. The number of likely N-dealkylation sites (tertiary alicyclic amines) is 1. The van der Waals surface area contributed by atoms with E-state index in [1.807, 2.05) is 0 Å². The largest absolute Gasteiger partial charge is 0.444 e. The Kier molecular flexibility index (Phi) is 3.63. The molecule has 1 amide bonds. The lowest BCUT2D eigenvalue weighted by atomic mass is 9.93. The molecule has 2 rings (SSSR count). The summed E-state index contributed by atoms with van der Waals surface area (Å²) in [5, 5.41) is 0. The van der Waals surface area contributed by atoms with E-state index in [0.29, 0.717) is 17.8 Å². The second-order valence-corrected chi connectivity index (χ2v) is 6.20. The lowest BCUT2D eigenvalue weighted by Crippen LogP contribution is -2.37. The minimum atomic E-state index is -1.59. The number of para-hydroxylation sites is 1. The molecule has 0 bridgehead atoms. The van der Waals surface area contributed by atoms with E-state index in [-0.39, 0.29) is 13.0 Å². The van der Waals surface area contributed by atoms with E-state index in [4.69, 9.17) is 10.5 Å². The first-order valence-corrected chi connectivity index (χ1v) is 6.73. The molecule has 1 aromatic rings. The van der Waals surface area contributed by atoms with Gasteiger partial charge in [-0.2, -0.15) is 0 Å². The van der Waals surface area contributed by atoms with Gasteiger partial charge < -0.3 is 15.4 Å². The van der Waals surface area contributed by atoms with Crippen LogP contribution in [0.1, 0.15) is 32.8 Å². The number of carbonyl (C=O) groups excluding carboxylic acids is 1. The van der Waals surface area contributed by atoms with Crippen molar-refractivity contribution >= 4 is 11.8 Å². The van der Waals surface area contributed by atoms with E-state index < -0.39 is 17.4 Å². The Morgan fingerprint density at radius 3 is 2.65 bits per heavy atom. The van der Waals surface area contributed by atoms with E-state index in [0.717, 1.165) is 0 Å². The van der Waals surface area contributed by atoms with Crippen LogP contribution in [-0.4, -0.2) is 29.7 Å². The molecular weight excluding hydrogens is 259 g/mol. The Morgan fingerprint density at radius 2 is 2.05 bits per heavy atom. The third-order valence-corrected chi connectivity index (χ3v) is 3.31. The van der Waals surface area contributed by atoms with E-state index in [1.165, 1.54) is 4.90 Å². The van der Waals surface area contributed by atoms with Gasteiger partial charge in [-0.3, -0.25) is 0 Å². The summed E-state index contributed by atoms with van der Waals surface area (Å²) in [7, 11) is 0. The molecule has 1 aliphatic rings. The molecule has 1 heterocycles. The van der Waals surface area contributed by atoms with Crippen LogP contribution in [0.3, 0.4) is 0 Å². The monoisotopic (exact) mass is 280 g/mol. The van der Waals surface area contributed by atoms with Crippen molar-refractivity contribution < 1.29 is 13.9 Å². The molecule has 2 N–H and O–H groups in total. The summed E-state index contributed by atoms with van der Waals surface area (Å²) < 4.78 is 20.3. The van der Waals surface area contributed by atoms with Crippen molar-refractivity contribution in [2.45, 2.75) is 38.5 Å². The summed E-state index contributed by atoms with van der Waals surface area (Å²) in [6.07, 6.45) is -0.244. The highest BCUT2D eigenvalue weighted by atomic mass is 19.1. The number of anilines is 1. The normalized spacial score (nSPS) is 22.9. The highest BCUT2D eigenvalue weighted by molar-refractivity contribution is 5.69. The molecule has 1 fully saturated rings. The Morgan fingerprint density at radius 1 is 1.40 bits per heavy atom. The SMILES string of the molecule is CC(C)(C)OC(=O)N1CCC(F)(c2ccccc2N)C1. The van der Waals surface area contributed by atoms with Crippen LogP contribution in [0, 0.1) is 0 Å². The van der Waals surface area contributed by atoms with Gasteiger partial charge in [0.25, 0.3) is 0 Å². The number of carbonyl (C=O) groups is 1. The number of ether oxygens (including phenoxy) is 1. The maximum atomic E-state index is 15.0. The maximum absolute atomic E-state index is 15.0. The molecule has 0 aromatic heterocycles. The van der Waals surface area contributed by atoms with E-state index in [1.54, 1.807) is 45.0 Å². The smallest absolute Gasteiger partial charge is 0.410 e. The molecule has 1 saturated heterocycles. The zero-order chi connectivity index (χ0) is 15.0. The number of hydrogen-bond donors (Lipinski definition) is 1. The quantitative estimate of drug-likeness (QED) is 0.804. The van der Waals surface area contributed by atoms with Crippen LogP contribution in [0.15, 0.2) is 24.3 Å². The fourth-order valence-corrected chi connectivity index (χ4v) is 2.38. The van der Waals surface area contributed by atoms with Crippen LogP contribution in [0.2, 0.25) is 0 Å². The van der Waals surface area contributed by atoms with E-state index in [2.05, 4.69) is 0 Å². The summed E-state index contributed by atoms with van der Waals surface area (Å²) >= 11 is 0. The first kappa shape index (κ1) is 14.6. The Labute approximate surface area is 118 Å². The Balaban J connectivity index is 2.12. The maximum Gasteiger partial charge on any atom is 0.410 e. The number of hydrogen-bond acceptors (Lipinski definition) is 3. The number of halogens is 1. The van der Waals surface area contributed by atoms with Crippen LogP contribution in [0.25, 0.3) is 0 Å². The molecule has 5 heteroatoms. The molecule has 0 aliphatic carbocycles. The molecule has 0 saturated carbocycles. The van der Waals surface area contributed by atoms with Gasteiger partial charge in [0.05, 0.1) is 6.54 Å². The molecule has 1 aliphatic heterocycles. The molecule has 1 aromatic carbocycles. The highest BCUT2D eigenvalue weighted by Crippen LogP contribution is 2.39. The molecule has 1 atom stereocenters. The van der Waals surface area contributed by atoms with Crippen LogP contribution in [0.4, 0.5) is 14.9 Å². The van der Waals surface area contributed by atoms with E-state index >= 15 is 4.39 Å². The second kappa shape index (κ2) is 4.96. The summed E-state index contributed by atoms with van der Waals surface area (Å²) in [4.78, 5) is 13.4. The number of amides is 1. The predicted molar refractivity (Wildman–Crippen MR) is 76.1 cm³/mol. The zero-order valence-corrected chi connectivity index (χ0v) is 12.1. The van der Waals surface area contributed by atoms with Crippen molar-refractivity contribution in [2.75, 3.05) is 18.8 Å². The highest BCUT2D eigenvalue weighted by Gasteiger charge is 2.43. The molecule has 4 nitrogen and oxygen atoms in total. The van der Waals surface area contributed by atoms with Crippen molar-refractivity contribution in [3.8, 4) is 0 Å². The summed E-state index contributed by atoms with van der Waals surface area (Å²) in [5.41, 5.74) is 4.53. The van der Waals surface area contributed by atoms with Crippen molar-refractivity contribution in [1.82, 2.24) is 4.90 Å². The molecule has 0 spiro atoms. The standard InChI is InChI=1S/C15H21FN2O2/c1-14(2,3)20-13(19)18-9-8-15(16,10-18)11-6-4-5-7-12(11)17/h4-7H,8-10,17H2,1-3H3. The number of rotatable bonds is 1. The topological polar surface area (TPSA) is 55.6 Å². The minimum absolute atomic E-state index is 0.0177. The van der Waals surface area contributed by atoms with Gasteiger partial charge in [0.2, 0.25) is 0 Å². The predicted octanol–water partition coefficient (Wildman–Crippen LogP) is 3.07. The summed E-state index contributed by atoms with van der Waals surface area (Å²) in [6, 6.07) is 6.87. The fourth-order valence-electron chi connectivity index (χ4n) is 2.38. The lowest BCUT2D eigenvalue weighted by molar-refractivity contribution is 0.0257. The first-order valence-electron chi connectivity index (χ1n) is 6.73. The van der Waals surface area contributed by atoms with Gasteiger partial charge in [-0.15, -0.1) is 0 Å². The van der Waals surface area contributed by atoms with Gasteiger partial charge in [-0.25, -0.2) is 9.18 Å². The van der Waals surface area contributed by atoms with Crippen LogP contribution < -0.4 is 5.73 Å².